The van der Waals surface area contributed by atoms with E-state index < -0.39 is 0 Å². The zero-order valence-corrected chi connectivity index (χ0v) is 7.75. The van der Waals surface area contributed by atoms with E-state index in [-0.39, 0.29) is 0 Å². The maximum absolute atomic E-state index is 10.7. The Hall–Kier alpha value is -1.35. The van der Waals surface area contributed by atoms with E-state index in [1.807, 2.05) is 0 Å². The lowest BCUT2D eigenvalue weighted by Gasteiger charge is -1.98. The first-order valence-corrected chi connectivity index (χ1v) is 4.17. The Morgan fingerprint density at radius 1 is 1.54 bits per heavy atom. The van der Waals surface area contributed by atoms with Gasteiger partial charge in [-0.2, -0.15) is 5.10 Å². The number of hydrogen-bond donors (Lipinski definition) is 0. The number of hydrogen-bond acceptors (Lipinski definition) is 2. The van der Waals surface area contributed by atoms with Gasteiger partial charge in [0.05, 0.1) is 16.7 Å². The molecule has 0 spiro atoms. The number of benzene rings is 1. The number of carbonyl (C=O) groups excluding carboxylic acids is 1. The van der Waals surface area contributed by atoms with Crippen LogP contribution in [0, 0.1) is 0 Å². The van der Waals surface area contributed by atoms with Crippen LogP contribution >= 0.6 is 11.6 Å². The average molecular weight is 195 g/mol. The highest BCUT2D eigenvalue weighted by Gasteiger charge is 2.07. The molecule has 4 heteroatoms. The topological polar surface area (TPSA) is 34.9 Å². The third-order valence-corrected chi connectivity index (χ3v) is 2.32. The molecule has 3 nitrogen and oxygen atoms in total. The van der Waals surface area contributed by atoms with Gasteiger partial charge in [0.2, 0.25) is 0 Å². The van der Waals surface area contributed by atoms with Gasteiger partial charge in [0, 0.05) is 18.0 Å². The van der Waals surface area contributed by atoms with Crippen LogP contribution in [-0.2, 0) is 7.05 Å². The minimum absolute atomic E-state index is 0.612. The second-order valence-electron chi connectivity index (χ2n) is 2.78. The summed E-state index contributed by atoms with van der Waals surface area (Å²) >= 11 is 5.96. The summed E-state index contributed by atoms with van der Waals surface area (Å²) in [4.78, 5) is 10.7. The fourth-order valence-corrected chi connectivity index (χ4v) is 1.65. The Morgan fingerprint density at radius 3 is 3.00 bits per heavy atom. The van der Waals surface area contributed by atoms with Crippen molar-refractivity contribution < 1.29 is 4.79 Å². The highest BCUT2D eigenvalue weighted by Crippen LogP contribution is 2.24. The van der Waals surface area contributed by atoms with Gasteiger partial charge in [-0.1, -0.05) is 11.6 Å². The van der Waals surface area contributed by atoms with E-state index in [1.54, 1.807) is 30.1 Å². The minimum atomic E-state index is 0.612. The van der Waals surface area contributed by atoms with Crippen molar-refractivity contribution in [1.82, 2.24) is 9.78 Å². The van der Waals surface area contributed by atoms with Crippen molar-refractivity contribution in [1.29, 1.82) is 0 Å². The highest BCUT2D eigenvalue weighted by atomic mass is 35.5. The smallest absolute Gasteiger partial charge is 0.150 e. The average Bonchev–Trinajstić information content (AvgIpc) is 2.50. The largest absolute Gasteiger partial charge is 0.298 e. The Balaban J connectivity index is 2.95. The lowest BCUT2D eigenvalue weighted by atomic mass is 10.1. The molecule has 13 heavy (non-hydrogen) atoms. The third-order valence-electron chi connectivity index (χ3n) is 2.01. The Bertz CT molecular complexity index is 476. The fraction of sp³-hybridized carbons (Fsp3) is 0.111. The maximum Gasteiger partial charge on any atom is 0.150 e. The van der Waals surface area contributed by atoms with E-state index in [1.165, 1.54) is 0 Å². The first-order valence-electron chi connectivity index (χ1n) is 3.79. The van der Waals surface area contributed by atoms with Crippen LogP contribution in [0.3, 0.4) is 0 Å². The predicted molar refractivity (Wildman–Crippen MR) is 51.1 cm³/mol. The zero-order valence-electron chi connectivity index (χ0n) is 6.99. The molecule has 0 saturated heterocycles. The number of nitrogens with zero attached hydrogens (tertiary/aromatic N) is 2. The molecule has 1 aromatic heterocycles. The standard InChI is InChI=1S/C9H7ClN2O/c1-12-9-7(4-11-12)6(5-13)2-3-8(9)10/h2-5H,1H3. The number of aromatic nitrogens is 2. The lowest BCUT2D eigenvalue weighted by molar-refractivity contribution is 0.112. The van der Waals surface area contributed by atoms with Crippen molar-refractivity contribution in [2.24, 2.45) is 7.05 Å². The van der Waals surface area contributed by atoms with Gasteiger partial charge in [-0.05, 0) is 12.1 Å². The van der Waals surface area contributed by atoms with E-state index in [4.69, 9.17) is 11.6 Å². The van der Waals surface area contributed by atoms with Crippen molar-refractivity contribution in [2.75, 3.05) is 0 Å². The number of rotatable bonds is 1. The second-order valence-corrected chi connectivity index (χ2v) is 3.19. The summed E-state index contributed by atoms with van der Waals surface area (Å²) in [6, 6.07) is 3.40. The normalized spacial score (nSPS) is 10.6. The van der Waals surface area contributed by atoms with Crippen LogP contribution in [0.1, 0.15) is 10.4 Å². The van der Waals surface area contributed by atoms with E-state index in [0.717, 1.165) is 17.2 Å². The molecule has 0 saturated carbocycles. The molecule has 0 amide bonds. The van der Waals surface area contributed by atoms with Crippen molar-refractivity contribution in [3.8, 4) is 0 Å². The third kappa shape index (κ3) is 1.12. The molecule has 0 unspecified atom stereocenters. The molecule has 0 atom stereocenters. The molecule has 2 aromatic rings. The van der Waals surface area contributed by atoms with Gasteiger partial charge in [0.25, 0.3) is 0 Å². The van der Waals surface area contributed by atoms with E-state index in [9.17, 15) is 4.79 Å². The van der Waals surface area contributed by atoms with Crippen molar-refractivity contribution in [2.45, 2.75) is 0 Å². The predicted octanol–water partition coefficient (Wildman–Crippen LogP) is 2.04. The van der Waals surface area contributed by atoms with Crippen molar-refractivity contribution in [3.05, 3.63) is 28.9 Å². The maximum atomic E-state index is 10.7. The van der Waals surface area contributed by atoms with Crippen molar-refractivity contribution in [3.63, 3.8) is 0 Å². The Labute approximate surface area is 79.9 Å². The molecule has 0 bridgehead atoms. The number of carbonyl (C=O) groups is 1. The minimum Gasteiger partial charge on any atom is -0.298 e. The summed E-state index contributed by atoms with van der Waals surface area (Å²) in [6.07, 6.45) is 2.45. The fourth-order valence-electron chi connectivity index (χ4n) is 1.37. The van der Waals surface area contributed by atoms with E-state index in [2.05, 4.69) is 5.10 Å². The molecule has 0 aliphatic heterocycles. The molecule has 1 heterocycles. The summed E-state index contributed by atoms with van der Waals surface area (Å²) in [6.45, 7) is 0. The summed E-state index contributed by atoms with van der Waals surface area (Å²) in [7, 11) is 1.79. The highest BCUT2D eigenvalue weighted by molar-refractivity contribution is 6.35. The van der Waals surface area contributed by atoms with Gasteiger partial charge in [0.1, 0.15) is 0 Å². The zero-order chi connectivity index (χ0) is 9.42. The first-order chi connectivity index (χ1) is 6.24. The molecule has 0 radical (unpaired) electrons. The summed E-state index contributed by atoms with van der Waals surface area (Å²) < 4.78 is 1.66. The van der Waals surface area contributed by atoms with Crippen LogP contribution in [0.15, 0.2) is 18.3 Å². The summed E-state index contributed by atoms with van der Waals surface area (Å²) in [5, 5.41) is 5.45. The van der Waals surface area contributed by atoms with Gasteiger partial charge in [-0.15, -0.1) is 0 Å². The Kier molecular flexibility index (Phi) is 1.81. The summed E-state index contributed by atoms with van der Waals surface area (Å²) in [5.74, 6) is 0. The lowest BCUT2D eigenvalue weighted by Crippen LogP contribution is -1.90. The van der Waals surface area contributed by atoms with Crippen LogP contribution < -0.4 is 0 Å². The molecule has 0 aliphatic carbocycles. The van der Waals surface area contributed by atoms with E-state index >= 15 is 0 Å². The van der Waals surface area contributed by atoms with Gasteiger partial charge in [-0.3, -0.25) is 9.48 Å². The Morgan fingerprint density at radius 2 is 2.31 bits per heavy atom. The molecule has 0 aliphatic rings. The molecule has 0 fully saturated rings. The van der Waals surface area contributed by atoms with Crippen LogP contribution in [-0.4, -0.2) is 16.1 Å². The molecule has 0 N–H and O–H groups in total. The SMILES string of the molecule is Cn1ncc2c(C=O)ccc(Cl)c21. The van der Waals surface area contributed by atoms with Crippen molar-refractivity contribution >= 4 is 28.8 Å². The summed E-state index contributed by atoms with van der Waals surface area (Å²) in [5.41, 5.74) is 1.42. The van der Waals surface area contributed by atoms with Crippen LogP contribution in [0.25, 0.3) is 10.9 Å². The van der Waals surface area contributed by atoms with Crippen LogP contribution in [0.4, 0.5) is 0 Å². The number of halogens is 1. The molecule has 1 aromatic carbocycles. The number of aldehydes is 1. The van der Waals surface area contributed by atoms with Gasteiger partial charge >= 0.3 is 0 Å². The molecular weight excluding hydrogens is 188 g/mol. The quantitative estimate of drug-likeness (QED) is 0.652. The molecule has 66 valence electrons. The number of fused-ring (bicyclic) bond motifs is 1. The van der Waals surface area contributed by atoms with Crippen LogP contribution in [0.5, 0.6) is 0 Å². The second kappa shape index (κ2) is 2.85. The van der Waals surface area contributed by atoms with Crippen LogP contribution in [0.2, 0.25) is 5.02 Å². The van der Waals surface area contributed by atoms with Gasteiger partial charge in [-0.25, -0.2) is 0 Å². The van der Waals surface area contributed by atoms with Gasteiger partial charge < -0.3 is 0 Å². The number of aryl methyl sites for hydroxylation is 1. The van der Waals surface area contributed by atoms with Gasteiger partial charge in [0.15, 0.2) is 6.29 Å². The molecular formula is C9H7ClN2O. The van der Waals surface area contributed by atoms with E-state index in [0.29, 0.717) is 10.6 Å². The monoisotopic (exact) mass is 194 g/mol. The molecule has 2 rings (SSSR count). The first kappa shape index (κ1) is 8.26.